The van der Waals surface area contributed by atoms with E-state index in [1.807, 2.05) is 49.4 Å². The molecule has 2 aliphatic rings. The Morgan fingerprint density at radius 1 is 1.21 bits per heavy atom. The van der Waals surface area contributed by atoms with Gasteiger partial charge >= 0.3 is 6.18 Å². The molecule has 2 aromatic rings. The Kier molecular flexibility index (Phi) is 8.37. The summed E-state index contributed by atoms with van der Waals surface area (Å²) in [5, 5.41) is 25.0. The maximum Gasteiger partial charge on any atom is 0.417 e. The summed E-state index contributed by atoms with van der Waals surface area (Å²) in [6.45, 7) is 1.84. The zero-order chi connectivity index (χ0) is 27.6. The number of oxime groups is 1. The van der Waals surface area contributed by atoms with E-state index in [2.05, 4.69) is 33.1 Å². The van der Waals surface area contributed by atoms with Crippen LogP contribution in [0, 0.1) is 5.92 Å². The molecule has 3 atom stereocenters. The molecule has 0 saturated heterocycles. The van der Waals surface area contributed by atoms with Crippen LogP contribution in [0.4, 0.5) is 13.2 Å². The lowest BCUT2D eigenvalue weighted by Gasteiger charge is -2.53. The highest BCUT2D eigenvalue weighted by Crippen LogP contribution is 2.57. The van der Waals surface area contributed by atoms with Crippen LogP contribution in [-0.2, 0) is 18.3 Å². The average molecular weight is 638 g/mol. The van der Waals surface area contributed by atoms with Crippen molar-refractivity contribution in [2.45, 2.75) is 62.6 Å². The third-order valence-corrected chi connectivity index (χ3v) is 8.52. The molecule has 2 aromatic carbocycles. The van der Waals surface area contributed by atoms with Crippen molar-refractivity contribution in [3.05, 3.63) is 92.2 Å². The van der Waals surface area contributed by atoms with E-state index in [1.54, 1.807) is 12.1 Å². The minimum Gasteiger partial charge on any atom is -0.411 e. The lowest BCUT2D eigenvalue weighted by atomic mass is 9.52. The molecule has 3 N–H and O–H groups in total. The molecule has 38 heavy (non-hydrogen) atoms. The van der Waals surface area contributed by atoms with Crippen molar-refractivity contribution >= 4 is 34.7 Å². The van der Waals surface area contributed by atoms with E-state index < -0.39 is 17.2 Å². The SMILES string of the molecule is C/C(I)=C(/C=C\C=N\O)NC(=O)c1ccc2c(c1)CCC1C[C@@](O)(C(F)(F)F)CC[C@@]21Cc1ccccc1. The number of halogens is 4. The maximum atomic E-state index is 13.8. The van der Waals surface area contributed by atoms with E-state index in [1.165, 1.54) is 12.3 Å². The van der Waals surface area contributed by atoms with Gasteiger partial charge in [-0.3, -0.25) is 4.79 Å². The molecular formula is C29H30F3IN2O3. The van der Waals surface area contributed by atoms with E-state index in [-0.39, 0.29) is 31.1 Å². The van der Waals surface area contributed by atoms with Crippen molar-refractivity contribution in [2.24, 2.45) is 11.1 Å². The van der Waals surface area contributed by atoms with Gasteiger partial charge in [-0.15, -0.1) is 0 Å². The summed E-state index contributed by atoms with van der Waals surface area (Å²) in [6.07, 6.45) is 0.792. The first-order valence-corrected chi connectivity index (χ1v) is 13.6. The first kappa shape index (κ1) is 28.4. The smallest absolute Gasteiger partial charge is 0.411 e. The molecule has 1 amide bonds. The standard InChI is InChI=1S/C29H30F3IN2O3/c1-19(33)25(8-5-15-34-38)35-26(36)22-10-12-24-21(16-22)9-11-23-18-28(37,29(30,31)32)14-13-27(23,24)17-20-6-3-2-4-7-20/h2-8,10,12,15-16,23,37-38H,9,11,13-14,17-18H2,1H3,(H,35,36)/b8-5-,25-19+,34-15+/t23?,27-,28+/m0/s1. The van der Waals surface area contributed by atoms with Crippen molar-refractivity contribution in [2.75, 3.05) is 0 Å². The second-order valence-corrected chi connectivity index (χ2v) is 11.8. The number of rotatable bonds is 6. The largest absolute Gasteiger partial charge is 0.417 e. The van der Waals surface area contributed by atoms with Crippen molar-refractivity contribution in [1.82, 2.24) is 5.32 Å². The first-order chi connectivity index (χ1) is 18.0. The summed E-state index contributed by atoms with van der Waals surface area (Å²) < 4.78 is 42.3. The fraction of sp³-hybridized carbons (Fsp3) is 0.379. The van der Waals surface area contributed by atoms with E-state index in [0.29, 0.717) is 30.5 Å². The minimum absolute atomic E-state index is 0.208. The van der Waals surface area contributed by atoms with Crippen LogP contribution < -0.4 is 5.32 Å². The molecule has 9 heteroatoms. The molecule has 2 aliphatic carbocycles. The number of carbonyl (C=O) groups is 1. The monoisotopic (exact) mass is 638 g/mol. The van der Waals surface area contributed by atoms with Crippen molar-refractivity contribution in [3.63, 3.8) is 0 Å². The molecule has 0 radical (unpaired) electrons. The fourth-order valence-corrected chi connectivity index (χ4v) is 6.30. The van der Waals surface area contributed by atoms with Crippen LogP contribution >= 0.6 is 22.6 Å². The Labute approximate surface area is 233 Å². The third-order valence-electron chi connectivity index (χ3n) is 7.94. The molecule has 5 nitrogen and oxygen atoms in total. The highest BCUT2D eigenvalue weighted by atomic mass is 127. The zero-order valence-corrected chi connectivity index (χ0v) is 23.1. The number of amides is 1. The molecule has 0 spiro atoms. The van der Waals surface area contributed by atoms with Crippen LogP contribution in [-0.4, -0.2) is 34.2 Å². The lowest BCUT2D eigenvalue weighted by molar-refractivity contribution is -0.279. The van der Waals surface area contributed by atoms with Crippen LogP contribution in [0.1, 0.15) is 59.7 Å². The summed E-state index contributed by atoms with van der Waals surface area (Å²) in [5.41, 5.74) is 0.753. The highest BCUT2D eigenvalue weighted by molar-refractivity contribution is 14.1. The summed E-state index contributed by atoms with van der Waals surface area (Å²) >= 11 is 2.09. The number of hydrogen-bond acceptors (Lipinski definition) is 4. The normalized spacial score (nSPS) is 26.1. The molecular weight excluding hydrogens is 608 g/mol. The number of aryl methyl sites for hydroxylation is 1. The van der Waals surface area contributed by atoms with Gasteiger partial charge < -0.3 is 15.6 Å². The second kappa shape index (κ2) is 11.2. The molecule has 1 fully saturated rings. The van der Waals surface area contributed by atoms with Gasteiger partial charge in [-0.05, 0) is 115 Å². The lowest BCUT2D eigenvalue weighted by Crippen LogP contribution is -2.56. The van der Waals surface area contributed by atoms with Gasteiger partial charge in [-0.25, -0.2) is 0 Å². The predicted molar refractivity (Wildman–Crippen MR) is 149 cm³/mol. The quantitative estimate of drug-likeness (QED) is 0.109. The van der Waals surface area contributed by atoms with Crippen LogP contribution in [0.2, 0.25) is 0 Å². The fourth-order valence-electron chi connectivity index (χ4n) is 5.99. The van der Waals surface area contributed by atoms with Crippen LogP contribution in [0.5, 0.6) is 0 Å². The summed E-state index contributed by atoms with van der Waals surface area (Å²) in [5.74, 6) is -0.650. The van der Waals surface area contributed by atoms with Crippen LogP contribution in [0.25, 0.3) is 0 Å². The molecule has 0 bridgehead atoms. The Balaban J connectivity index is 1.69. The number of carbonyl (C=O) groups excluding carboxylic acids is 1. The van der Waals surface area contributed by atoms with Gasteiger partial charge in [-0.2, -0.15) is 13.2 Å². The number of allylic oxidation sites excluding steroid dienone is 3. The number of hydrogen-bond donors (Lipinski definition) is 3. The Hall–Kier alpha value is -2.66. The number of aliphatic hydroxyl groups is 1. The Bertz CT molecular complexity index is 1270. The summed E-state index contributed by atoms with van der Waals surface area (Å²) in [4.78, 5) is 13.1. The van der Waals surface area contributed by atoms with E-state index in [9.17, 15) is 23.1 Å². The van der Waals surface area contributed by atoms with E-state index >= 15 is 0 Å². The minimum atomic E-state index is -4.67. The molecule has 1 saturated carbocycles. The second-order valence-electron chi connectivity index (χ2n) is 10.2. The van der Waals surface area contributed by atoms with Gasteiger partial charge in [0.25, 0.3) is 5.91 Å². The molecule has 0 aromatic heterocycles. The number of fused-ring (bicyclic) bond motifs is 3. The van der Waals surface area contributed by atoms with Gasteiger partial charge in [0.05, 0.1) is 11.9 Å². The van der Waals surface area contributed by atoms with Crippen molar-refractivity contribution < 1.29 is 28.3 Å². The Morgan fingerprint density at radius 3 is 2.61 bits per heavy atom. The molecule has 0 heterocycles. The molecule has 0 aliphatic heterocycles. The number of benzene rings is 2. The third kappa shape index (κ3) is 5.68. The highest BCUT2D eigenvalue weighted by Gasteiger charge is 2.61. The summed E-state index contributed by atoms with van der Waals surface area (Å²) in [7, 11) is 0. The average Bonchev–Trinajstić information content (AvgIpc) is 2.88. The summed E-state index contributed by atoms with van der Waals surface area (Å²) in [6, 6.07) is 15.2. The van der Waals surface area contributed by atoms with Gasteiger partial charge in [0.2, 0.25) is 0 Å². The van der Waals surface area contributed by atoms with Crippen molar-refractivity contribution in [3.8, 4) is 0 Å². The van der Waals surface area contributed by atoms with E-state index in [0.717, 1.165) is 20.3 Å². The van der Waals surface area contributed by atoms with Crippen LogP contribution in [0.3, 0.4) is 0 Å². The topological polar surface area (TPSA) is 81.9 Å². The molecule has 4 rings (SSSR count). The van der Waals surface area contributed by atoms with E-state index in [4.69, 9.17) is 5.21 Å². The Morgan fingerprint density at radius 2 is 1.95 bits per heavy atom. The molecule has 1 unspecified atom stereocenters. The van der Waals surface area contributed by atoms with Gasteiger partial charge in [0.1, 0.15) is 0 Å². The van der Waals surface area contributed by atoms with Crippen LogP contribution in [0.15, 0.2) is 75.1 Å². The predicted octanol–water partition coefficient (Wildman–Crippen LogP) is 6.62. The number of nitrogens with zero attached hydrogens (tertiary/aromatic N) is 1. The number of nitrogens with one attached hydrogen (secondary N) is 1. The van der Waals surface area contributed by atoms with Gasteiger partial charge in [0.15, 0.2) is 5.60 Å². The molecule has 202 valence electrons. The maximum absolute atomic E-state index is 13.8. The zero-order valence-electron chi connectivity index (χ0n) is 20.9. The van der Waals surface area contributed by atoms with Crippen molar-refractivity contribution in [1.29, 1.82) is 0 Å². The van der Waals surface area contributed by atoms with Gasteiger partial charge in [-0.1, -0.05) is 41.6 Å². The number of alkyl halides is 3. The van der Waals surface area contributed by atoms with Gasteiger partial charge in [0, 0.05) is 14.6 Å². The first-order valence-electron chi connectivity index (χ1n) is 12.5.